The number of nitrogens with zero attached hydrogens (tertiary/aromatic N) is 1. The van der Waals surface area contributed by atoms with E-state index >= 15 is 0 Å². The smallest absolute Gasteiger partial charge is 0.344 e. The third-order valence-corrected chi connectivity index (χ3v) is 5.08. The van der Waals surface area contributed by atoms with Crippen LogP contribution in [-0.4, -0.2) is 31.7 Å². The first-order chi connectivity index (χ1) is 15.3. The predicted molar refractivity (Wildman–Crippen MR) is 131 cm³/mol. The number of aryl methyl sites for hydroxylation is 2. The van der Waals surface area contributed by atoms with Crippen LogP contribution in [0.2, 0.25) is 0 Å². The molecule has 1 N–H and O–H groups in total. The van der Waals surface area contributed by atoms with Crippen LogP contribution in [0.5, 0.6) is 11.5 Å². The molecular formula is C24H25IN2O5. The number of nitriles is 1. The minimum atomic E-state index is -0.505. The van der Waals surface area contributed by atoms with Gasteiger partial charge in [-0.05, 0) is 85.7 Å². The van der Waals surface area contributed by atoms with Gasteiger partial charge in [-0.3, -0.25) is 4.79 Å². The zero-order valence-electron chi connectivity index (χ0n) is 18.5. The number of carbonyl (C=O) groups is 2. The van der Waals surface area contributed by atoms with Crippen LogP contribution in [0, 0.1) is 28.7 Å². The van der Waals surface area contributed by atoms with Crippen LogP contribution in [0.1, 0.15) is 30.5 Å². The number of hydrogen-bond donors (Lipinski definition) is 1. The largest absolute Gasteiger partial charge is 0.490 e. The van der Waals surface area contributed by atoms with Gasteiger partial charge in [-0.25, -0.2) is 4.79 Å². The summed E-state index contributed by atoms with van der Waals surface area (Å²) < 4.78 is 16.8. The number of esters is 1. The fourth-order valence-corrected chi connectivity index (χ4v) is 3.65. The first-order valence-electron chi connectivity index (χ1n) is 10.0. The fourth-order valence-electron chi connectivity index (χ4n) is 2.87. The molecule has 7 nitrogen and oxygen atoms in total. The highest BCUT2D eigenvalue weighted by molar-refractivity contribution is 14.1. The minimum Gasteiger partial charge on any atom is -0.490 e. The first-order valence-corrected chi connectivity index (χ1v) is 11.1. The van der Waals surface area contributed by atoms with Gasteiger partial charge in [0.1, 0.15) is 11.6 Å². The SMILES string of the molecule is CCOC(=O)COc1c(I)cc(/C=C(\C#N)C(=O)Nc2ccc(C)cc2C)cc1OCC. The second-order valence-corrected chi connectivity index (χ2v) is 7.96. The van der Waals surface area contributed by atoms with Crippen LogP contribution in [0.25, 0.3) is 6.08 Å². The summed E-state index contributed by atoms with van der Waals surface area (Å²) in [5.41, 5.74) is 3.18. The van der Waals surface area contributed by atoms with E-state index in [-0.39, 0.29) is 18.8 Å². The van der Waals surface area contributed by atoms with Crippen molar-refractivity contribution in [2.75, 3.05) is 25.1 Å². The van der Waals surface area contributed by atoms with Gasteiger partial charge in [-0.15, -0.1) is 0 Å². The van der Waals surface area contributed by atoms with Crippen molar-refractivity contribution in [3.63, 3.8) is 0 Å². The third-order valence-electron chi connectivity index (χ3n) is 4.28. The van der Waals surface area contributed by atoms with Crippen molar-refractivity contribution in [3.8, 4) is 17.6 Å². The van der Waals surface area contributed by atoms with E-state index in [1.165, 1.54) is 6.08 Å². The normalized spacial score (nSPS) is 10.8. The van der Waals surface area contributed by atoms with Crippen LogP contribution in [0.3, 0.4) is 0 Å². The first kappa shape index (κ1) is 25.2. The van der Waals surface area contributed by atoms with Gasteiger partial charge in [0, 0.05) is 5.69 Å². The van der Waals surface area contributed by atoms with Crippen LogP contribution >= 0.6 is 22.6 Å². The summed E-state index contributed by atoms with van der Waals surface area (Å²) in [6, 6.07) is 11.0. The van der Waals surface area contributed by atoms with Crippen molar-refractivity contribution in [1.82, 2.24) is 0 Å². The van der Waals surface area contributed by atoms with Crippen molar-refractivity contribution in [2.24, 2.45) is 0 Å². The zero-order chi connectivity index (χ0) is 23.7. The lowest BCUT2D eigenvalue weighted by Crippen LogP contribution is -2.15. The quantitative estimate of drug-likeness (QED) is 0.210. The monoisotopic (exact) mass is 548 g/mol. The maximum Gasteiger partial charge on any atom is 0.344 e. The molecule has 0 aliphatic carbocycles. The molecule has 2 aromatic rings. The molecule has 8 heteroatoms. The number of halogens is 1. The van der Waals surface area contributed by atoms with Crippen molar-refractivity contribution >= 4 is 46.2 Å². The van der Waals surface area contributed by atoms with Gasteiger partial charge in [0.05, 0.1) is 16.8 Å². The molecule has 0 radical (unpaired) electrons. The minimum absolute atomic E-state index is 0.0524. The molecule has 2 rings (SSSR count). The maximum atomic E-state index is 12.7. The molecule has 2 aromatic carbocycles. The van der Waals surface area contributed by atoms with Crippen LogP contribution in [0.15, 0.2) is 35.9 Å². The van der Waals surface area contributed by atoms with E-state index in [4.69, 9.17) is 14.2 Å². The maximum absolute atomic E-state index is 12.7. The number of benzene rings is 2. The van der Waals surface area contributed by atoms with E-state index in [1.54, 1.807) is 19.1 Å². The van der Waals surface area contributed by atoms with Crippen molar-refractivity contribution in [2.45, 2.75) is 27.7 Å². The number of anilines is 1. The molecule has 0 fully saturated rings. The van der Waals surface area contributed by atoms with Crippen LogP contribution < -0.4 is 14.8 Å². The summed E-state index contributed by atoms with van der Waals surface area (Å²) in [5.74, 6) is -0.183. The van der Waals surface area contributed by atoms with Gasteiger partial charge in [0.15, 0.2) is 18.1 Å². The highest BCUT2D eigenvalue weighted by Crippen LogP contribution is 2.35. The van der Waals surface area contributed by atoms with Crippen LogP contribution in [0.4, 0.5) is 5.69 Å². The molecular weight excluding hydrogens is 523 g/mol. The van der Waals surface area contributed by atoms with E-state index in [0.29, 0.717) is 32.9 Å². The van der Waals surface area contributed by atoms with Crippen molar-refractivity contribution in [3.05, 3.63) is 56.2 Å². The van der Waals surface area contributed by atoms with Gasteiger partial charge in [0.25, 0.3) is 5.91 Å². The Hall–Kier alpha value is -3.06. The predicted octanol–water partition coefficient (Wildman–Crippen LogP) is 4.79. The molecule has 0 aromatic heterocycles. The van der Waals surface area contributed by atoms with Gasteiger partial charge in [0.2, 0.25) is 0 Å². The topological polar surface area (TPSA) is 97.7 Å². The Kier molecular flexibility index (Phi) is 9.53. The molecule has 1 amide bonds. The zero-order valence-corrected chi connectivity index (χ0v) is 20.6. The van der Waals surface area contributed by atoms with E-state index in [2.05, 4.69) is 27.9 Å². The molecule has 0 bridgehead atoms. The van der Waals surface area contributed by atoms with Gasteiger partial charge < -0.3 is 19.5 Å². The number of nitrogens with one attached hydrogen (secondary N) is 1. The summed E-state index contributed by atoms with van der Waals surface area (Å²) in [6.07, 6.45) is 1.48. The Bertz CT molecular complexity index is 1070. The molecule has 0 saturated carbocycles. The highest BCUT2D eigenvalue weighted by Gasteiger charge is 2.16. The standard InChI is InChI=1S/C24H25IN2O5/c1-5-30-21-12-17(11-19(25)23(21)32-14-22(28)31-6-2)10-18(13-26)24(29)27-20-8-7-15(3)9-16(20)4/h7-12H,5-6,14H2,1-4H3,(H,27,29)/b18-10+. The molecule has 0 saturated heterocycles. The van der Waals surface area contributed by atoms with Gasteiger partial charge in [-0.1, -0.05) is 17.7 Å². The molecule has 0 atom stereocenters. The molecule has 32 heavy (non-hydrogen) atoms. The lowest BCUT2D eigenvalue weighted by Gasteiger charge is -2.14. The Morgan fingerprint density at radius 3 is 2.50 bits per heavy atom. The highest BCUT2D eigenvalue weighted by atomic mass is 127. The summed E-state index contributed by atoms with van der Waals surface area (Å²) >= 11 is 2.05. The molecule has 0 aliphatic heterocycles. The van der Waals surface area contributed by atoms with E-state index in [0.717, 1.165) is 11.1 Å². The third kappa shape index (κ3) is 6.99. The molecule has 0 aliphatic rings. The average Bonchev–Trinajstić information content (AvgIpc) is 2.73. The van der Waals surface area contributed by atoms with Crippen LogP contribution in [-0.2, 0) is 14.3 Å². The number of ether oxygens (including phenoxy) is 3. The number of carbonyl (C=O) groups excluding carboxylic acids is 2. The number of hydrogen-bond acceptors (Lipinski definition) is 6. The van der Waals surface area contributed by atoms with E-state index in [9.17, 15) is 14.9 Å². The molecule has 168 valence electrons. The lowest BCUT2D eigenvalue weighted by molar-refractivity contribution is -0.145. The summed E-state index contributed by atoms with van der Waals surface area (Å²) in [5, 5.41) is 12.3. The van der Waals surface area contributed by atoms with Crippen molar-refractivity contribution in [1.29, 1.82) is 5.26 Å². The second-order valence-electron chi connectivity index (χ2n) is 6.80. The summed E-state index contributed by atoms with van der Waals surface area (Å²) in [4.78, 5) is 24.3. The Balaban J connectivity index is 2.30. The fraction of sp³-hybridized carbons (Fsp3) is 0.292. The summed E-state index contributed by atoms with van der Waals surface area (Å²) in [7, 11) is 0. The Morgan fingerprint density at radius 2 is 1.88 bits per heavy atom. The second kappa shape index (κ2) is 12.1. The average molecular weight is 548 g/mol. The van der Waals surface area contributed by atoms with Gasteiger partial charge in [-0.2, -0.15) is 5.26 Å². The number of rotatable bonds is 9. The van der Waals surface area contributed by atoms with Gasteiger partial charge >= 0.3 is 5.97 Å². The molecule has 0 spiro atoms. The lowest BCUT2D eigenvalue weighted by atomic mass is 10.1. The molecule has 0 heterocycles. The molecule has 0 unspecified atom stereocenters. The Morgan fingerprint density at radius 1 is 1.12 bits per heavy atom. The Labute approximate surface area is 201 Å². The summed E-state index contributed by atoms with van der Waals surface area (Å²) in [6.45, 7) is 7.79. The van der Waals surface area contributed by atoms with Crippen molar-refractivity contribution < 1.29 is 23.8 Å². The van der Waals surface area contributed by atoms with E-state index < -0.39 is 11.9 Å². The van der Waals surface area contributed by atoms with E-state index in [1.807, 2.05) is 45.0 Å². The number of amides is 1.